The smallest absolute Gasteiger partial charge is 0.305 e. The van der Waals surface area contributed by atoms with Crippen LogP contribution in [0.25, 0.3) is 0 Å². The molecule has 1 atom stereocenters. The van der Waals surface area contributed by atoms with E-state index < -0.39 is 0 Å². The summed E-state index contributed by atoms with van der Waals surface area (Å²) in [5.41, 5.74) is 0. The first-order valence-corrected chi connectivity index (χ1v) is 18.3. The fourth-order valence-electron chi connectivity index (χ4n) is 4.61. The molecule has 256 valence electrons. The molecule has 4 heteroatoms. The molecule has 0 rings (SSSR count). The van der Waals surface area contributed by atoms with Gasteiger partial charge in [-0.1, -0.05) is 132 Å². The average Bonchev–Trinajstić information content (AvgIpc) is 3.03. The Morgan fingerprint density at radius 2 is 0.867 bits per heavy atom. The Morgan fingerprint density at radius 1 is 0.489 bits per heavy atom. The molecule has 0 aliphatic heterocycles. The molecule has 45 heavy (non-hydrogen) atoms. The maximum Gasteiger partial charge on any atom is 0.305 e. The number of allylic oxidation sites excluding steroid dienone is 12. The lowest BCUT2D eigenvalue weighted by atomic mass is 10.1. The zero-order chi connectivity index (χ0) is 32.9. The monoisotopic (exact) mass is 625 g/mol. The number of rotatable bonds is 31. The molecule has 0 radical (unpaired) electrons. The molecule has 0 heterocycles. The van der Waals surface area contributed by atoms with E-state index in [2.05, 4.69) is 86.8 Å². The molecule has 0 N–H and O–H groups in total. The van der Waals surface area contributed by atoms with Crippen LogP contribution in [0.3, 0.4) is 0 Å². The molecule has 0 aliphatic carbocycles. The van der Waals surface area contributed by atoms with Crippen molar-refractivity contribution in [3.63, 3.8) is 0 Å². The fraction of sp³-hybridized carbons (Fsp3) is 0.659. The van der Waals surface area contributed by atoms with Crippen LogP contribution in [-0.4, -0.2) is 25.2 Å². The molecule has 0 bridgehead atoms. The lowest BCUT2D eigenvalue weighted by Crippen LogP contribution is -2.15. The minimum atomic E-state index is -0.112. The summed E-state index contributed by atoms with van der Waals surface area (Å²) in [4.78, 5) is 24.1. The first-order chi connectivity index (χ1) is 22.1. The largest absolute Gasteiger partial charge is 0.466 e. The van der Waals surface area contributed by atoms with Crippen molar-refractivity contribution >= 4 is 11.9 Å². The summed E-state index contributed by atoms with van der Waals surface area (Å²) >= 11 is 0. The van der Waals surface area contributed by atoms with Crippen molar-refractivity contribution < 1.29 is 19.1 Å². The molecule has 0 amide bonds. The predicted octanol–water partition coefficient (Wildman–Crippen LogP) is 12.3. The predicted molar refractivity (Wildman–Crippen MR) is 194 cm³/mol. The number of carbonyl (C=O) groups excluding carboxylic acids is 2. The Kier molecular flexibility index (Phi) is 33.8. The first-order valence-electron chi connectivity index (χ1n) is 18.3. The zero-order valence-corrected chi connectivity index (χ0v) is 29.4. The van der Waals surface area contributed by atoms with Gasteiger partial charge in [-0.25, -0.2) is 0 Å². The third-order valence-electron chi connectivity index (χ3n) is 7.47. The fourth-order valence-corrected chi connectivity index (χ4v) is 4.61. The average molecular weight is 625 g/mol. The van der Waals surface area contributed by atoms with Crippen LogP contribution >= 0.6 is 0 Å². The van der Waals surface area contributed by atoms with E-state index in [0.29, 0.717) is 26.1 Å². The van der Waals surface area contributed by atoms with E-state index in [1.807, 2.05) is 6.92 Å². The third-order valence-corrected chi connectivity index (χ3v) is 7.47. The Hall–Kier alpha value is -2.62. The molecule has 0 saturated carbocycles. The topological polar surface area (TPSA) is 52.6 Å². The van der Waals surface area contributed by atoms with Gasteiger partial charge in [0.25, 0.3) is 0 Å². The summed E-state index contributed by atoms with van der Waals surface area (Å²) in [6.45, 7) is 7.15. The van der Waals surface area contributed by atoms with E-state index in [0.717, 1.165) is 83.5 Å². The molecular formula is C41H68O4. The Balaban J connectivity index is 3.52. The van der Waals surface area contributed by atoms with Crippen LogP contribution in [0.15, 0.2) is 72.9 Å². The number of hydrogen-bond donors (Lipinski definition) is 0. The Labute approximate surface area is 278 Å². The number of esters is 2. The molecular weight excluding hydrogens is 556 g/mol. The van der Waals surface area contributed by atoms with Crippen LogP contribution in [0, 0.1) is 5.92 Å². The summed E-state index contributed by atoms with van der Waals surface area (Å²) in [6.07, 6.45) is 48.2. The molecule has 0 aliphatic rings. The highest BCUT2D eigenvalue weighted by atomic mass is 16.5. The van der Waals surface area contributed by atoms with E-state index in [1.165, 1.54) is 38.5 Å². The van der Waals surface area contributed by atoms with Gasteiger partial charge in [-0.2, -0.15) is 0 Å². The lowest BCUT2D eigenvalue weighted by molar-refractivity contribution is -0.147. The van der Waals surface area contributed by atoms with Crippen LogP contribution in [0.4, 0.5) is 0 Å². The van der Waals surface area contributed by atoms with Gasteiger partial charge < -0.3 is 9.47 Å². The number of unbranched alkanes of at least 4 members (excludes halogenated alkanes) is 10. The van der Waals surface area contributed by atoms with E-state index in [4.69, 9.17) is 9.47 Å². The molecule has 0 saturated heterocycles. The van der Waals surface area contributed by atoms with Gasteiger partial charge in [0.2, 0.25) is 0 Å². The number of hydrogen-bond acceptors (Lipinski definition) is 4. The minimum absolute atomic E-state index is 0.112. The maximum atomic E-state index is 12.1. The maximum absolute atomic E-state index is 12.1. The molecule has 0 aromatic carbocycles. The molecule has 0 fully saturated rings. The zero-order valence-electron chi connectivity index (χ0n) is 29.4. The van der Waals surface area contributed by atoms with Crippen molar-refractivity contribution in [2.45, 2.75) is 156 Å². The standard InChI is InChI=1S/C41H68O4/c1-4-6-8-10-12-14-16-18-20-22-24-26-28-30-32-34-40(42)44-37-36-39(3)38-45-41(43)35-33-31-29-27-25-23-21-19-17-15-13-11-9-7-5-2/h6-9,12-15,18-21,39H,4-5,10-11,16-17,22-38H2,1-3H3/b8-6-,9-7-,14-12-,15-13-,20-18-,21-19-. The van der Waals surface area contributed by atoms with Gasteiger partial charge in [0.15, 0.2) is 0 Å². The second-order valence-electron chi connectivity index (χ2n) is 12.0. The minimum Gasteiger partial charge on any atom is -0.466 e. The summed E-state index contributed by atoms with van der Waals surface area (Å²) in [5, 5.41) is 0. The quantitative estimate of drug-likeness (QED) is 0.0437. The summed E-state index contributed by atoms with van der Waals surface area (Å²) in [5.74, 6) is -0.0324. The SMILES string of the molecule is CC/C=C\C/C=C\C/C=C\CCCCCCCC(=O)OCCC(C)COC(=O)CCCCCCC/C=C\C/C=C\C/C=C\CC. The van der Waals surface area contributed by atoms with Crippen molar-refractivity contribution in [3.8, 4) is 0 Å². The highest BCUT2D eigenvalue weighted by Gasteiger charge is 2.09. The normalized spacial score (nSPS) is 13.0. The number of carbonyl (C=O) groups is 2. The van der Waals surface area contributed by atoms with Crippen molar-refractivity contribution in [2.24, 2.45) is 5.92 Å². The van der Waals surface area contributed by atoms with E-state index in [1.54, 1.807) is 0 Å². The molecule has 0 aromatic heterocycles. The van der Waals surface area contributed by atoms with Crippen LogP contribution in [0.1, 0.15) is 156 Å². The highest BCUT2D eigenvalue weighted by Crippen LogP contribution is 2.11. The van der Waals surface area contributed by atoms with Crippen LogP contribution in [-0.2, 0) is 19.1 Å². The van der Waals surface area contributed by atoms with Crippen molar-refractivity contribution in [3.05, 3.63) is 72.9 Å². The second kappa shape index (κ2) is 35.9. The number of ether oxygens (including phenoxy) is 2. The summed E-state index contributed by atoms with van der Waals surface area (Å²) in [7, 11) is 0. The van der Waals surface area contributed by atoms with Crippen molar-refractivity contribution in [1.29, 1.82) is 0 Å². The van der Waals surface area contributed by atoms with Crippen molar-refractivity contribution in [1.82, 2.24) is 0 Å². The molecule has 0 aromatic rings. The van der Waals surface area contributed by atoms with Crippen molar-refractivity contribution in [2.75, 3.05) is 13.2 Å². The Morgan fingerprint density at radius 3 is 1.33 bits per heavy atom. The first kappa shape index (κ1) is 42.4. The van der Waals surface area contributed by atoms with E-state index >= 15 is 0 Å². The van der Waals surface area contributed by atoms with Gasteiger partial charge in [0.1, 0.15) is 0 Å². The Bertz CT molecular complexity index is 846. The van der Waals surface area contributed by atoms with E-state index in [9.17, 15) is 9.59 Å². The van der Waals surface area contributed by atoms with E-state index in [-0.39, 0.29) is 17.9 Å². The molecule has 1 unspecified atom stereocenters. The summed E-state index contributed by atoms with van der Waals surface area (Å²) < 4.78 is 10.8. The highest BCUT2D eigenvalue weighted by molar-refractivity contribution is 5.69. The van der Waals surface area contributed by atoms with Crippen LogP contribution < -0.4 is 0 Å². The van der Waals surface area contributed by atoms with Gasteiger partial charge in [-0.05, 0) is 89.4 Å². The van der Waals surface area contributed by atoms with Gasteiger partial charge in [-0.3, -0.25) is 9.59 Å². The molecule has 0 spiro atoms. The summed E-state index contributed by atoms with van der Waals surface area (Å²) in [6, 6.07) is 0. The van der Waals surface area contributed by atoms with Gasteiger partial charge in [0, 0.05) is 12.8 Å². The second-order valence-corrected chi connectivity index (χ2v) is 12.0. The lowest BCUT2D eigenvalue weighted by Gasteiger charge is -2.12. The van der Waals surface area contributed by atoms with Gasteiger partial charge in [0.05, 0.1) is 13.2 Å². The van der Waals surface area contributed by atoms with Crippen LogP contribution in [0.2, 0.25) is 0 Å². The third kappa shape index (κ3) is 35.7. The van der Waals surface area contributed by atoms with Gasteiger partial charge in [-0.15, -0.1) is 0 Å². The van der Waals surface area contributed by atoms with Gasteiger partial charge >= 0.3 is 11.9 Å². The molecule has 4 nitrogen and oxygen atoms in total. The van der Waals surface area contributed by atoms with Crippen LogP contribution in [0.5, 0.6) is 0 Å².